The van der Waals surface area contributed by atoms with E-state index in [4.69, 9.17) is 4.42 Å². The minimum atomic E-state index is 0.829. The summed E-state index contributed by atoms with van der Waals surface area (Å²) < 4.78 is 5.76. The Morgan fingerprint density at radius 3 is 2.65 bits per heavy atom. The molecule has 0 aliphatic heterocycles. The molecule has 1 heterocycles. The lowest BCUT2D eigenvalue weighted by Crippen LogP contribution is -2.18. The highest BCUT2D eigenvalue weighted by Gasteiger charge is 2.05. The highest BCUT2D eigenvalue weighted by Crippen LogP contribution is 2.10. The van der Waals surface area contributed by atoms with Gasteiger partial charge in [0.2, 0.25) is 0 Å². The van der Waals surface area contributed by atoms with Crippen molar-refractivity contribution in [2.45, 2.75) is 46.2 Å². The van der Waals surface area contributed by atoms with Crippen molar-refractivity contribution >= 4 is 0 Å². The fourth-order valence-corrected chi connectivity index (χ4v) is 1.83. The van der Waals surface area contributed by atoms with Crippen molar-refractivity contribution in [3.05, 3.63) is 23.7 Å². The van der Waals surface area contributed by atoms with Crippen molar-refractivity contribution in [1.29, 1.82) is 0 Å². The van der Waals surface area contributed by atoms with Crippen molar-refractivity contribution < 1.29 is 4.42 Å². The van der Waals surface area contributed by atoms with Crippen LogP contribution in [0.2, 0.25) is 0 Å². The first-order chi connectivity index (χ1) is 8.26. The Hall–Kier alpha value is -0.800. The summed E-state index contributed by atoms with van der Waals surface area (Å²) in [5.74, 6) is 2.10. The van der Waals surface area contributed by atoms with E-state index in [0.717, 1.165) is 37.7 Å². The molecule has 17 heavy (non-hydrogen) atoms. The highest BCUT2D eigenvalue weighted by atomic mass is 16.3. The molecule has 0 saturated heterocycles. The van der Waals surface area contributed by atoms with Gasteiger partial charge < -0.3 is 9.73 Å². The summed E-state index contributed by atoms with van der Waals surface area (Å²) in [7, 11) is 2.15. The Morgan fingerprint density at radius 2 is 1.94 bits per heavy atom. The van der Waals surface area contributed by atoms with Crippen LogP contribution in [-0.2, 0) is 13.1 Å². The lowest BCUT2D eigenvalue weighted by molar-refractivity contribution is 0.284. The Balaban J connectivity index is 2.27. The summed E-state index contributed by atoms with van der Waals surface area (Å²) in [6.07, 6.45) is 3.87. The van der Waals surface area contributed by atoms with E-state index in [1.165, 1.54) is 19.3 Å². The first kappa shape index (κ1) is 14.3. The molecule has 0 radical (unpaired) electrons. The monoisotopic (exact) mass is 238 g/mol. The molecule has 98 valence electrons. The number of unbranched alkanes of at least 4 members (excludes halogenated alkanes) is 2. The Bertz CT molecular complexity index is 296. The van der Waals surface area contributed by atoms with Gasteiger partial charge in [-0.25, -0.2) is 0 Å². The zero-order valence-corrected chi connectivity index (χ0v) is 11.5. The van der Waals surface area contributed by atoms with Gasteiger partial charge in [0.15, 0.2) is 0 Å². The summed E-state index contributed by atoms with van der Waals surface area (Å²) in [4.78, 5) is 2.32. The molecule has 1 N–H and O–H groups in total. The predicted molar refractivity (Wildman–Crippen MR) is 71.9 cm³/mol. The van der Waals surface area contributed by atoms with Crippen LogP contribution in [0, 0.1) is 0 Å². The molecule has 1 rings (SSSR count). The molecule has 0 atom stereocenters. The molecule has 0 unspecified atom stereocenters. The zero-order chi connectivity index (χ0) is 12.5. The Morgan fingerprint density at radius 1 is 1.18 bits per heavy atom. The predicted octanol–water partition coefficient (Wildman–Crippen LogP) is 3.01. The Labute approximate surface area is 105 Å². The van der Waals surface area contributed by atoms with E-state index in [-0.39, 0.29) is 0 Å². The van der Waals surface area contributed by atoms with Crippen LogP contribution >= 0.6 is 0 Å². The fourth-order valence-electron chi connectivity index (χ4n) is 1.83. The molecule has 0 spiro atoms. The molecule has 0 bridgehead atoms. The van der Waals surface area contributed by atoms with Gasteiger partial charge in [0.25, 0.3) is 0 Å². The smallest absolute Gasteiger partial charge is 0.118 e. The van der Waals surface area contributed by atoms with Crippen LogP contribution in [0.15, 0.2) is 16.5 Å². The van der Waals surface area contributed by atoms with E-state index >= 15 is 0 Å². The molecule has 0 aromatic carbocycles. The minimum Gasteiger partial charge on any atom is -0.463 e. The van der Waals surface area contributed by atoms with Gasteiger partial charge in [-0.1, -0.05) is 26.7 Å². The van der Waals surface area contributed by atoms with Gasteiger partial charge in [0.1, 0.15) is 11.5 Å². The lowest BCUT2D eigenvalue weighted by Gasteiger charge is -2.14. The first-order valence-electron chi connectivity index (χ1n) is 6.73. The molecular formula is C14H26N2O. The maximum Gasteiger partial charge on any atom is 0.118 e. The molecule has 3 nitrogen and oxygen atoms in total. The van der Waals surface area contributed by atoms with Crippen molar-refractivity contribution in [2.24, 2.45) is 0 Å². The van der Waals surface area contributed by atoms with E-state index < -0.39 is 0 Å². The van der Waals surface area contributed by atoms with Crippen molar-refractivity contribution in [1.82, 2.24) is 10.2 Å². The number of rotatable bonds is 9. The number of nitrogens with zero attached hydrogens (tertiary/aromatic N) is 1. The summed E-state index contributed by atoms with van der Waals surface area (Å²) in [6, 6.07) is 4.15. The van der Waals surface area contributed by atoms with Crippen molar-refractivity contribution in [2.75, 3.05) is 20.1 Å². The molecule has 0 aliphatic rings. The fraction of sp³-hybridized carbons (Fsp3) is 0.714. The SMILES string of the molecule is CCCCCN(C)Cc1ccc(CNCC)o1. The van der Waals surface area contributed by atoms with Crippen molar-refractivity contribution in [3.63, 3.8) is 0 Å². The van der Waals surface area contributed by atoms with Gasteiger partial charge in [0.05, 0.1) is 13.1 Å². The quantitative estimate of drug-likeness (QED) is 0.670. The van der Waals surface area contributed by atoms with Crippen LogP contribution in [0.1, 0.15) is 44.6 Å². The van der Waals surface area contributed by atoms with E-state index in [9.17, 15) is 0 Å². The van der Waals surface area contributed by atoms with Crippen LogP contribution in [0.5, 0.6) is 0 Å². The van der Waals surface area contributed by atoms with Gasteiger partial charge in [0, 0.05) is 0 Å². The second-order valence-electron chi connectivity index (χ2n) is 4.59. The topological polar surface area (TPSA) is 28.4 Å². The number of nitrogens with one attached hydrogen (secondary N) is 1. The van der Waals surface area contributed by atoms with Crippen LogP contribution in [0.4, 0.5) is 0 Å². The maximum atomic E-state index is 5.76. The van der Waals surface area contributed by atoms with E-state index in [1.54, 1.807) is 0 Å². The molecule has 1 aromatic heterocycles. The van der Waals surface area contributed by atoms with Crippen LogP contribution in [0.3, 0.4) is 0 Å². The molecule has 0 amide bonds. The van der Waals surface area contributed by atoms with Gasteiger partial charge in [-0.3, -0.25) is 4.90 Å². The number of furan rings is 1. The standard InChI is InChI=1S/C14H26N2O/c1-4-6-7-10-16(3)12-14-9-8-13(17-14)11-15-5-2/h8-9,15H,4-7,10-12H2,1-3H3. The second-order valence-corrected chi connectivity index (χ2v) is 4.59. The maximum absolute atomic E-state index is 5.76. The van der Waals surface area contributed by atoms with E-state index in [1.807, 2.05) is 0 Å². The summed E-state index contributed by atoms with van der Waals surface area (Å²) in [6.45, 7) is 8.21. The molecular weight excluding hydrogens is 212 g/mol. The number of hydrogen-bond acceptors (Lipinski definition) is 3. The summed E-state index contributed by atoms with van der Waals surface area (Å²) in [5, 5.41) is 3.27. The lowest BCUT2D eigenvalue weighted by atomic mass is 10.2. The molecule has 0 fully saturated rings. The third-order valence-corrected chi connectivity index (χ3v) is 2.84. The van der Waals surface area contributed by atoms with E-state index in [0.29, 0.717) is 0 Å². The average molecular weight is 238 g/mol. The van der Waals surface area contributed by atoms with Crippen molar-refractivity contribution in [3.8, 4) is 0 Å². The largest absolute Gasteiger partial charge is 0.463 e. The van der Waals surface area contributed by atoms with Crippen LogP contribution in [-0.4, -0.2) is 25.0 Å². The average Bonchev–Trinajstić information content (AvgIpc) is 2.74. The Kier molecular flexibility index (Phi) is 6.97. The first-order valence-corrected chi connectivity index (χ1v) is 6.73. The van der Waals surface area contributed by atoms with Gasteiger partial charge in [-0.2, -0.15) is 0 Å². The van der Waals surface area contributed by atoms with Crippen LogP contribution in [0.25, 0.3) is 0 Å². The normalized spacial score (nSPS) is 11.3. The minimum absolute atomic E-state index is 0.829. The molecule has 0 saturated carbocycles. The number of hydrogen-bond donors (Lipinski definition) is 1. The van der Waals surface area contributed by atoms with Crippen LogP contribution < -0.4 is 5.32 Å². The zero-order valence-electron chi connectivity index (χ0n) is 11.5. The van der Waals surface area contributed by atoms with Gasteiger partial charge in [-0.15, -0.1) is 0 Å². The summed E-state index contributed by atoms with van der Waals surface area (Å²) >= 11 is 0. The second kappa shape index (κ2) is 8.31. The van der Waals surface area contributed by atoms with Gasteiger partial charge >= 0.3 is 0 Å². The molecule has 3 heteroatoms. The molecule has 1 aromatic rings. The van der Waals surface area contributed by atoms with Gasteiger partial charge in [-0.05, 0) is 38.7 Å². The highest BCUT2D eigenvalue weighted by molar-refractivity contribution is 5.06. The van der Waals surface area contributed by atoms with E-state index in [2.05, 4.69) is 43.2 Å². The third-order valence-electron chi connectivity index (χ3n) is 2.84. The molecule has 0 aliphatic carbocycles. The third kappa shape index (κ3) is 5.89. The summed E-state index contributed by atoms with van der Waals surface area (Å²) in [5.41, 5.74) is 0.